The largest absolute Gasteiger partial charge is 0.356 e. The van der Waals surface area contributed by atoms with Crippen LogP contribution in [0, 0.1) is 17.7 Å². The number of likely N-dealkylation sites (tertiary alicyclic amines) is 2. The van der Waals surface area contributed by atoms with Crippen LogP contribution < -0.4 is 5.32 Å². The molecule has 2 aliphatic rings. The average molecular weight is 502 g/mol. The highest BCUT2D eigenvalue weighted by molar-refractivity contribution is 6.07. The van der Waals surface area contributed by atoms with Gasteiger partial charge in [0.25, 0.3) is 5.91 Å². The number of halogens is 1. The van der Waals surface area contributed by atoms with Crippen molar-refractivity contribution >= 4 is 28.5 Å². The third kappa shape index (κ3) is 5.08. The molecule has 2 saturated heterocycles. The van der Waals surface area contributed by atoms with E-state index in [2.05, 4.69) is 5.32 Å². The van der Waals surface area contributed by atoms with E-state index in [0.29, 0.717) is 25.2 Å². The maximum Gasteiger partial charge on any atom is 0.254 e. The van der Waals surface area contributed by atoms with Gasteiger partial charge in [-0.25, -0.2) is 4.39 Å². The van der Waals surface area contributed by atoms with Gasteiger partial charge in [-0.3, -0.25) is 14.4 Å². The van der Waals surface area contributed by atoms with E-state index < -0.39 is 11.8 Å². The third-order valence-corrected chi connectivity index (χ3v) is 7.78. The summed E-state index contributed by atoms with van der Waals surface area (Å²) in [4.78, 5) is 43.8. The van der Waals surface area contributed by atoms with Crippen LogP contribution in [0.1, 0.15) is 41.6 Å². The van der Waals surface area contributed by atoms with Crippen LogP contribution in [0.3, 0.4) is 0 Å². The summed E-state index contributed by atoms with van der Waals surface area (Å²) in [6, 6.07) is 20.0. The Morgan fingerprint density at radius 1 is 0.865 bits per heavy atom. The van der Waals surface area contributed by atoms with Crippen molar-refractivity contribution in [2.45, 2.75) is 25.7 Å². The van der Waals surface area contributed by atoms with Crippen LogP contribution in [0.4, 0.5) is 4.39 Å². The number of piperidine rings is 1. The Kier molecular flexibility index (Phi) is 7.22. The standard InChI is InChI=1S/C30H32FN3O3/c1-2-32-28(35)26-18-34(29(36)25-9-5-7-22-6-3-4-8-24(22)25)19-27(26)30(37)33-16-14-21(15-17-33)20-10-12-23(31)13-11-20/h3-13,21,26-27H,2,14-19H2,1H3,(H,32,35)/t26-,27-/m1/s1. The second kappa shape index (κ2) is 10.7. The summed E-state index contributed by atoms with van der Waals surface area (Å²) in [5.74, 6) is -1.55. The Morgan fingerprint density at radius 2 is 1.54 bits per heavy atom. The molecule has 2 fully saturated rings. The van der Waals surface area contributed by atoms with Crippen LogP contribution in [0.15, 0.2) is 66.7 Å². The molecule has 6 nitrogen and oxygen atoms in total. The van der Waals surface area contributed by atoms with E-state index in [0.717, 1.165) is 29.2 Å². The number of nitrogens with zero attached hydrogens (tertiary/aromatic N) is 2. The van der Waals surface area contributed by atoms with Crippen molar-refractivity contribution in [1.29, 1.82) is 0 Å². The van der Waals surface area contributed by atoms with Gasteiger partial charge in [0.15, 0.2) is 0 Å². The van der Waals surface area contributed by atoms with Gasteiger partial charge < -0.3 is 15.1 Å². The monoisotopic (exact) mass is 501 g/mol. The molecule has 37 heavy (non-hydrogen) atoms. The summed E-state index contributed by atoms with van der Waals surface area (Å²) in [7, 11) is 0. The van der Waals surface area contributed by atoms with Gasteiger partial charge in [0.2, 0.25) is 11.8 Å². The number of carbonyl (C=O) groups is 3. The Balaban J connectivity index is 1.32. The number of hydrogen-bond acceptors (Lipinski definition) is 3. The zero-order valence-corrected chi connectivity index (χ0v) is 21.0. The molecule has 0 aliphatic carbocycles. The van der Waals surface area contributed by atoms with Crippen LogP contribution in [0.5, 0.6) is 0 Å². The lowest BCUT2D eigenvalue weighted by Gasteiger charge is -2.34. The highest BCUT2D eigenvalue weighted by atomic mass is 19.1. The minimum atomic E-state index is -0.582. The Morgan fingerprint density at radius 3 is 2.27 bits per heavy atom. The van der Waals surface area contributed by atoms with Crippen molar-refractivity contribution < 1.29 is 18.8 Å². The zero-order chi connectivity index (χ0) is 25.9. The molecule has 5 rings (SSSR count). The minimum absolute atomic E-state index is 0.0676. The van der Waals surface area contributed by atoms with Crippen LogP contribution in [0.25, 0.3) is 10.8 Å². The fraction of sp³-hybridized carbons (Fsp3) is 0.367. The SMILES string of the molecule is CCNC(=O)[C@@H]1CN(C(=O)c2cccc3ccccc23)C[C@H]1C(=O)N1CCC(c2ccc(F)cc2)CC1. The highest BCUT2D eigenvalue weighted by Gasteiger charge is 2.45. The predicted octanol–water partition coefficient (Wildman–Crippen LogP) is 4.21. The van der Waals surface area contributed by atoms with E-state index in [1.807, 2.05) is 60.4 Å². The number of fused-ring (bicyclic) bond motifs is 1. The van der Waals surface area contributed by atoms with Crippen molar-refractivity contribution in [3.8, 4) is 0 Å². The fourth-order valence-corrected chi connectivity index (χ4v) is 5.78. The van der Waals surface area contributed by atoms with Crippen LogP contribution in [-0.2, 0) is 9.59 Å². The normalized spacial score (nSPS) is 20.3. The van der Waals surface area contributed by atoms with Gasteiger partial charge in [0, 0.05) is 38.3 Å². The summed E-state index contributed by atoms with van der Waals surface area (Å²) in [6.07, 6.45) is 1.57. The molecule has 0 spiro atoms. The van der Waals surface area contributed by atoms with E-state index in [1.165, 1.54) is 12.1 Å². The maximum absolute atomic E-state index is 13.7. The molecule has 2 heterocycles. The molecule has 0 unspecified atom stereocenters. The van der Waals surface area contributed by atoms with E-state index in [4.69, 9.17) is 0 Å². The summed E-state index contributed by atoms with van der Waals surface area (Å²) in [5, 5.41) is 4.70. The number of benzene rings is 3. The van der Waals surface area contributed by atoms with Gasteiger partial charge in [-0.1, -0.05) is 48.5 Å². The van der Waals surface area contributed by atoms with E-state index in [9.17, 15) is 18.8 Å². The van der Waals surface area contributed by atoms with Crippen molar-refractivity contribution in [1.82, 2.24) is 15.1 Å². The van der Waals surface area contributed by atoms with Gasteiger partial charge in [-0.2, -0.15) is 0 Å². The fourth-order valence-electron chi connectivity index (χ4n) is 5.78. The van der Waals surface area contributed by atoms with Crippen LogP contribution in [-0.4, -0.2) is 60.2 Å². The lowest BCUT2D eigenvalue weighted by atomic mass is 9.87. The van der Waals surface area contributed by atoms with E-state index in [-0.39, 0.29) is 42.5 Å². The second-order valence-corrected chi connectivity index (χ2v) is 10.00. The summed E-state index contributed by atoms with van der Waals surface area (Å²) >= 11 is 0. The molecule has 3 aromatic rings. The van der Waals surface area contributed by atoms with Crippen molar-refractivity contribution in [3.63, 3.8) is 0 Å². The smallest absolute Gasteiger partial charge is 0.254 e. The first-order valence-electron chi connectivity index (χ1n) is 13.0. The quantitative estimate of drug-likeness (QED) is 0.570. The Hall–Kier alpha value is -3.74. The van der Waals surface area contributed by atoms with Gasteiger partial charge in [0.1, 0.15) is 5.82 Å². The van der Waals surface area contributed by atoms with Crippen molar-refractivity contribution in [3.05, 3.63) is 83.7 Å². The van der Waals surface area contributed by atoms with Crippen molar-refractivity contribution in [2.24, 2.45) is 11.8 Å². The number of hydrogen-bond donors (Lipinski definition) is 1. The molecule has 0 saturated carbocycles. The Bertz CT molecular complexity index is 1300. The Labute approximate surface area is 216 Å². The first-order chi connectivity index (χ1) is 18.0. The van der Waals surface area contributed by atoms with Crippen LogP contribution >= 0.6 is 0 Å². The third-order valence-electron chi connectivity index (χ3n) is 7.78. The molecule has 0 bridgehead atoms. The molecule has 1 N–H and O–H groups in total. The minimum Gasteiger partial charge on any atom is -0.356 e. The molecule has 2 atom stereocenters. The highest BCUT2D eigenvalue weighted by Crippen LogP contribution is 2.33. The van der Waals surface area contributed by atoms with Gasteiger partial charge >= 0.3 is 0 Å². The molecule has 0 aromatic heterocycles. The number of amides is 3. The number of carbonyl (C=O) groups excluding carboxylic acids is 3. The molecule has 3 amide bonds. The first kappa shape index (κ1) is 24.9. The predicted molar refractivity (Wildman–Crippen MR) is 140 cm³/mol. The molecule has 2 aliphatic heterocycles. The summed E-state index contributed by atoms with van der Waals surface area (Å²) < 4.78 is 13.3. The molecule has 7 heteroatoms. The van der Waals surface area contributed by atoms with Gasteiger partial charge in [-0.15, -0.1) is 0 Å². The first-order valence-corrected chi connectivity index (χ1v) is 13.0. The maximum atomic E-state index is 13.7. The second-order valence-electron chi connectivity index (χ2n) is 10.00. The molecule has 0 radical (unpaired) electrons. The van der Waals surface area contributed by atoms with Gasteiger partial charge in [0.05, 0.1) is 11.8 Å². The van der Waals surface area contributed by atoms with Crippen molar-refractivity contribution in [2.75, 3.05) is 32.7 Å². The molecule has 3 aromatic carbocycles. The van der Waals surface area contributed by atoms with E-state index in [1.54, 1.807) is 11.0 Å². The lowest BCUT2D eigenvalue weighted by Crippen LogP contribution is -2.46. The zero-order valence-electron chi connectivity index (χ0n) is 21.0. The summed E-state index contributed by atoms with van der Waals surface area (Å²) in [5.41, 5.74) is 1.67. The average Bonchev–Trinajstić information content (AvgIpc) is 3.38. The molecule has 192 valence electrons. The summed E-state index contributed by atoms with van der Waals surface area (Å²) in [6.45, 7) is 3.92. The number of rotatable bonds is 5. The molecular weight excluding hydrogens is 469 g/mol. The topological polar surface area (TPSA) is 69.7 Å². The lowest BCUT2D eigenvalue weighted by molar-refractivity contribution is -0.141. The molecular formula is C30H32FN3O3. The van der Waals surface area contributed by atoms with E-state index >= 15 is 0 Å². The number of nitrogens with one attached hydrogen (secondary N) is 1. The van der Waals surface area contributed by atoms with Gasteiger partial charge in [-0.05, 0) is 60.2 Å². The van der Waals surface area contributed by atoms with Crippen LogP contribution in [0.2, 0.25) is 0 Å².